The van der Waals surface area contributed by atoms with Gasteiger partial charge in [-0.2, -0.15) is 0 Å². The summed E-state index contributed by atoms with van der Waals surface area (Å²) in [5.74, 6) is 2.04. The summed E-state index contributed by atoms with van der Waals surface area (Å²) in [5, 5.41) is 3.33. The molecule has 1 aromatic rings. The van der Waals surface area contributed by atoms with Gasteiger partial charge in [-0.15, -0.1) is 0 Å². The Morgan fingerprint density at radius 2 is 1.84 bits per heavy atom. The molecule has 0 radical (unpaired) electrons. The van der Waals surface area contributed by atoms with Crippen molar-refractivity contribution in [3.63, 3.8) is 0 Å². The maximum absolute atomic E-state index is 5.48. The zero-order chi connectivity index (χ0) is 14.6. The van der Waals surface area contributed by atoms with E-state index in [9.17, 15) is 0 Å². The van der Waals surface area contributed by atoms with E-state index in [1.54, 1.807) is 7.11 Å². The standard InChI is InChI=1S/C17H29NO/c1-12(2)15-10-14(8-9-16(15)19-7)17(5,11-18-6)13(3)4/h8-10,12-13,18H,11H2,1-7H3. The van der Waals surface area contributed by atoms with E-state index in [0.717, 1.165) is 12.3 Å². The molecule has 0 spiro atoms. The molecule has 0 fully saturated rings. The van der Waals surface area contributed by atoms with Gasteiger partial charge in [0.15, 0.2) is 0 Å². The molecule has 1 atom stereocenters. The van der Waals surface area contributed by atoms with Crippen molar-refractivity contribution < 1.29 is 4.74 Å². The first-order chi connectivity index (χ1) is 8.86. The van der Waals surface area contributed by atoms with Gasteiger partial charge in [-0.1, -0.05) is 46.8 Å². The highest BCUT2D eigenvalue weighted by Gasteiger charge is 2.30. The predicted octanol–water partition coefficient (Wildman–Crippen LogP) is 3.95. The maximum atomic E-state index is 5.48. The topological polar surface area (TPSA) is 21.3 Å². The van der Waals surface area contributed by atoms with Crippen molar-refractivity contribution in [2.75, 3.05) is 20.7 Å². The third-order valence-corrected chi connectivity index (χ3v) is 4.33. The second-order valence-electron chi connectivity index (χ2n) is 6.21. The molecule has 1 unspecified atom stereocenters. The molecule has 2 heteroatoms. The van der Waals surface area contributed by atoms with Gasteiger partial charge in [-0.25, -0.2) is 0 Å². The maximum Gasteiger partial charge on any atom is 0.122 e. The van der Waals surface area contributed by atoms with Gasteiger partial charge in [0.25, 0.3) is 0 Å². The van der Waals surface area contributed by atoms with E-state index >= 15 is 0 Å². The Morgan fingerprint density at radius 3 is 2.26 bits per heavy atom. The summed E-state index contributed by atoms with van der Waals surface area (Å²) in [6, 6.07) is 6.64. The van der Waals surface area contributed by atoms with Gasteiger partial charge in [0, 0.05) is 12.0 Å². The second-order valence-corrected chi connectivity index (χ2v) is 6.21. The Kier molecular flexibility index (Phi) is 5.42. The lowest BCUT2D eigenvalue weighted by atomic mass is 9.72. The molecule has 1 rings (SSSR count). The minimum atomic E-state index is 0.144. The van der Waals surface area contributed by atoms with Crippen molar-refractivity contribution in [2.45, 2.75) is 46.0 Å². The fourth-order valence-corrected chi connectivity index (χ4v) is 2.55. The fraction of sp³-hybridized carbons (Fsp3) is 0.647. The van der Waals surface area contributed by atoms with Crippen LogP contribution in [-0.4, -0.2) is 20.7 Å². The number of methoxy groups -OCH3 is 1. The Bertz CT molecular complexity index is 412. The van der Waals surface area contributed by atoms with Crippen LogP contribution in [0, 0.1) is 5.92 Å². The number of hydrogen-bond acceptors (Lipinski definition) is 2. The average molecular weight is 263 g/mol. The Balaban J connectivity index is 3.29. The summed E-state index contributed by atoms with van der Waals surface area (Å²) in [6.45, 7) is 12.3. The van der Waals surface area contributed by atoms with E-state index in [1.807, 2.05) is 7.05 Å². The first-order valence-corrected chi connectivity index (χ1v) is 7.19. The van der Waals surface area contributed by atoms with Crippen molar-refractivity contribution in [3.05, 3.63) is 29.3 Å². The average Bonchev–Trinajstić information content (AvgIpc) is 2.37. The molecule has 1 N–H and O–H groups in total. The molecule has 108 valence electrons. The summed E-state index contributed by atoms with van der Waals surface area (Å²) in [6.07, 6.45) is 0. The molecule has 0 saturated heterocycles. The van der Waals surface area contributed by atoms with Gasteiger partial charge < -0.3 is 10.1 Å². The van der Waals surface area contributed by atoms with Gasteiger partial charge in [0.05, 0.1) is 7.11 Å². The third kappa shape index (κ3) is 3.30. The molecule has 1 aromatic carbocycles. The Hall–Kier alpha value is -1.02. The molecule has 2 nitrogen and oxygen atoms in total. The lowest BCUT2D eigenvalue weighted by molar-refractivity contribution is 0.326. The summed E-state index contributed by atoms with van der Waals surface area (Å²) in [4.78, 5) is 0. The fourth-order valence-electron chi connectivity index (χ4n) is 2.55. The van der Waals surface area contributed by atoms with E-state index in [1.165, 1.54) is 11.1 Å². The summed E-state index contributed by atoms with van der Waals surface area (Å²) >= 11 is 0. The molecule has 0 bridgehead atoms. The van der Waals surface area contributed by atoms with Crippen molar-refractivity contribution in [3.8, 4) is 5.75 Å². The lowest BCUT2D eigenvalue weighted by Crippen LogP contribution is -2.38. The molecule has 0 heterocycles. The van der Waals surface area contributed by atoms with Gasteiger partial charge in [-0.05, 0) is 36.1 Å². The molecule has 0 aliphatic carbocycles. The van der Waals surface area contributed by atoms with E-state index in [-0.39, 0.29) is 5.41 Å². The Labute approximate surface area is 118 Å². The molecule has 0 aromatic heterocycles. The van der Waals surface area contributed by atoms with Gasteiger partial charge in [0.1, 0.15) is 5.75 Å². The first-order valence-electron chi connectivity index (χ1n) is 7.19. The van der Waals surface area contributed by atoms with Crippen LogP contribution in [0.4, 0.5) is 0 Å². The zero-order valence-corrected chi connectivity index (χ0v) is 13.5. The van der Waals surface area contributed by atoms with Crippen LogP contribution in [0.2, 0.25) is 0 Å². The lowest BCUT2D eigenvalue weighted by Gasteiger charge is -2.35. The van der Waals surface area contributed by atoms with Crippen LogP contribution >= 0.6 is 0 Å². The second kappa shape index (κ2) is 6.42. The van der Waals surface area contributed by atoms with Crippen molar-refractivity contribution in [1.82, 2.24) is 5.32 Å². The van der Waals surface area contributed by atoms with E-state index < -0.39 is 0 Å². The number of rotatable bonds is 6. The van der Waals surface area contributed by atoms with Crippen molar-refractivity contribution in [1.29, 1.82) is 0 Å². The monoisotopic (exact) mass is 263 g/mol. The molecular formula is C17H29NO. The minimum Gasteiger partial charge on any atom is -0.496 e. The van der Waals surface area contributed by atoms with Crippen LogP contribution < -0.4 is 10.1 Å². The normalized spacial score (nSPS) is 14.8. The summed E-state index contributed by atoms with van der Waals surface area (Å²) < 4.78 is 5.48. The molecule has 0 aliphatic heterocycles. The van der Waals surface area contributed by atoms with Gasteiger partial charge >= 0.3 is 0 Å². The predicted molar refractivity (Wildman–Crippen MR) is 83.2 cm³/mol. The number of benzene rings is 1. The molecule has 0 saturated carbocycles. The van der Waals surface area contributed by atoms with Gasteiger partial charge in [-0.3, -0.25) is 0 Å². The number of ether oxygens (including phenoxy) is 1. The summed E-state index contributed by atoms with van der Waals surface area (Å²) in [5.41, 5.74) is 2.83. The zero-order valence-electron chi connectivity index (χ0n) is 13.5. The van der Waals surface area contributed by atoms with Gasteiger partial charge in [0.2, 0.25) is 0 Å². The van der Waals surface area contributed by atoms with E-state index in [4.69, 9.17) is 4.74 Å². The summed E-state index contributed by atoms with van der Waals surface area (Å²) in [7, 11) is 3.77. The third-order valence-electron chi connectivity index (χ3n) is 4.33. The van der Waals surface area contributed by atoms with Crippen LogP contribution in [0.15, 0.2) is 18.2 Å². The number of hydrogen-bond donors (Lipinski definition) is 1. The van der Waals surface area contributed by atoms with Crippen LogP contribution in [0.1, 0.15) is 51.7 Å². The highest BCUT2D eigenvalue weighted by Crippen LogP contribution is 2.36. The minimum absolute atomic E-state index is 0.144. The molecule has 0 amide bonds. The molecular weight excluding hydrogens is 234 g/mol. The van der Waals surface area contributed by atoms with E-state index in [2.05, 4.69) is 58.1 Å². The van der Waals surface area contributed by atoms with Crippen LogP contribution in [0.25, 0.3) is 0 Å². The van der Waals surface area contributed by atoms with Crippen molar-refractivity contribution in [2.24, 2.45) is 5.92 Å². The van der Waals surface area contributed by atoms with Crippen molar-refractivity contribution >= 4 is 0 Å². The molecule has 19 heavy (non-hydrogen) atoms. The Morgan fingerprint density at radius 1 is 1.21 bits per heavy atom. The van der Waals surface area contributed by atoms with Crippen LogP contribution in [-0.2, 0) is 5.41 Å². The quantitative estimate of drug-likeness (QED) is 0.839. The van der Waals surface area contributed by atoms with E-state index in [0.29, 0.717) is 11.8 Å². The number of likely N-dealkylation sites (N-methyl/N-ethyl adjacent to an activating group) is 1. The highest BCUT2D eigenvalue weighted by atomic mass is 16.5. The van der Waals surface area contributed by atoms with Crippen LogP contribution in [0.3, 0.4) is 0 Å². The smallest absolute Gasteiger partial charge is 0.122 e. The van der Waals surface area contributed by atoms with Crippen LogP contribution in [0.5, 0.6) is 5.75 Å². The highest BCUT2D eigenvalue weighted by molar-refractivity contribution is 5.42. The largest absolute Gasteiger partial charge is 0.496 e. The first kappa shape index (κ1) is 16.0. The molecule has 0 aliphatic rings. The SMILES string of the molecule is CNCC(C)(c1ccc(OC)c(C(C)C)c1)C(C)C. The number of nitrogens with one attached hydrogen (secondary N) is 1.